The van der Waals surface area contributed by atoms with E-state index < -0.39 is 0 Å². The lowest BCUT2D eigenvalue weighted by Crippen LogP contribution is -1.94. The van der Waals surface area contributed by atoms with Crippen LogP contribution in [0.5, 0.6) is 0 Å². The van der Waals surface area contributed by atoms with Gasteiger partial charge in [0.15, 0.2) is 0 Å². The molecule has 3 heteroatoms. The summed E-state index contributed by atoms with van der Waals surface area (Å²) in [5.41, 5.74) is 7.72. The van der Waals surface area contributed by atoms with Gasteiger partial charge in [-0.25, -0.2) is 0 Å². The van der Waals surface area contributed by atoms with Crippen molar-refractivity contribution in [1.29, 1.82) is 0 Å². The molecule has 0 radical (unpaired) electrons. The van der Waals surface area contributed by atoms with Gasteiger partial charge >= 0.3 is 6.21 Å². The lowest BCUT2D eigenvalue weighted by atomic mass is 10.3. The minimum atomic E-state index is -0.164. The fourth-order valence-electron chi connectivity index (χ4n) is 0.156. The standard InChI is InChI=1S/C4H6N2O/c1-2-4(7)3-6-5/h3H,2H2,1H3. The molecule has 0 unspecified atom stereocenters. The summed E-state index contributed by atoms with van der Waals surface area (Å²) in [6, 6.07) is 0. The van der Waals surface area contributed by atoms with Gasteiger partial charge in [0.1, 0.15) is 0 Å². The van der Waals surface area contributed by atoms with E-state index in [0.717, 1.165) is 6.21 Å². The van der Waals surface area contributed by atoms with Crippen LogP contribution in [0.4, 0.5) is 0 Å². The van der Waals surface area contributed by atoms with Crippen LogP contribution in [0.25, 0.3) is 5.53 Å². The number of rotatable bonds is 2. The summed E-state index contributed by atoms with van der Waals surface area (Å²) < 4.78 is 0. The maximum atomic E-state index is 10.1. The molecule has 0 aromatic heterocycles. The summed E-state index contributed by atoms with van der Waals surface area (Å²) in [6.45, 7) is 1.70. The maximum Gasteiger partial charge on any atom is 0.323 e. The lowest BCUT2D eigenvalue weighted by Gasteiger charge is -1.68. The van der Waals surface area contributed by atoms with Gasteiger partial charge in [0.2, 0.25) is 5.78 Å². The van der Waals surface area contributed by atoms with Crippen molar-refractivity contribution in [2.45, 2.75) is 13.3 Å². The molecule has 7 heavy (non-hydrogen) atoms. The zero-order valence-corrected chi connectivity index (χ0v) is 4.09. The molecular formula is C4H6N2O. The second-order valence-electron chi connectivity index (χ2n) is 1.06. The predicted molar refractivity (Wildman–Crippen MR) is 25.0 cm³/mol. The summed E-state index contributed by atoms with van der Waals surface area (Å²) >= 11 is 0. The Balaban J connectivity index is 3.58. The first-order valence-electron chi connectivity index (χ1n) is 2.01. The second kappa shape index (κ2) is 3.25. The van der Waals surface area contributed by atoms with Gasteiger partial charge in [-0.3, -0.25) is 4.79 Å². The Morgan fingerprint density at radius 1 is 2.00 bits per heavy atom. The summed E-state index contributed by atoms with van der Waals surface area (Å²) in [5, 5.41) is 0. The van der Waals surface area contributed by atoms with Crippen molar-refractivity contribution >= 4 is 12.0 Å². The molecule has 0 aliphatic heterocycles. The monoisotopic (exact) mass is 98.0 g/mol. The van der Waals surface area contributed by atoms with Crippen LogP contribution in [0, 0.1) is 0 Å². The third-order valence-corrected chi connectivity index (χ3v) is 0.550. The van der Waals surface area contributed by atoms with Crippen LogP contribution in [-0.4, -0.2) is 16.8 Å². The average molecular weight is 98.1 g/mol. The van der Waals surface area contributed by atoms with E-state index in [4.69, 9.17) is 5.53 Å². The van der Waals surface area contributed by atoms with Crippen molar-refractivity contribution in [3.63, 3.8) is 0 Å². The summed E-state index contributed by atoms with van der Waals surface area (Å²) in [6.07, 6.45) is 1.28. The van der Waals surface area contributed by atoms with Crippen LogP contribution in [0.3, 0.4) is 0 Å². The number of hydrogen-bond donors (Lipinski definition) is 0. The normalized spacial score (nSPS) is 7.00. The molecule has 0 fully saturated rings. The topological polar surface area (TPSA) is 53.5 Å². The Morgan fingerprint density at radius 3 is 2.71 bits per heavy atom. The van der Waals surface area contributed by atoms with E-state index in [-0.39, 0.29) is 5.78 Å². The Morgan fingerprint density at radius 2 is 2.57 bits per heavy atom. The quantitative estimate of drug-likeness (QED) is 0.278. The van der Waals surface area contributed by atoms with E-state index in [0.29, 0.717) is 6.42 Å². The Kier molecular flexibility index (Phi) is 2.81. The summed E-state index contributed by atoms with van der Waals surface area (Å²) in [7, 11) is 0. The van der Waals surface area contributed by atoms with Crippen LogP contribution in [0.15, 0.2) is 0 Å². The largest absolute Gasteiger partial charge is 0.361 e. The molecule has 0 aliphatic rings. The van der Waals surface area contributed by atoms with Crippen molar-refractivity contribution in [2.24, 2.45) is 0 Å². The molecule has 0 aromatic carbocycles. The Hall–Kier alpha value is -0.950. The molecule has 0 bridgehead atoms. The first kappa shape index (κ1) is 6.05. The third kappa shape index (κ3) is 2.86. The van der Waals surface area contributed by atoms with Crippen LogP contribution >= 0.6 is 0 Å². The molecule has 0 heterocycles. The highest BCUT2D eigenvalue weighted by Gasteiger charge is 1.93. The van der Waals surface area contributed by atoms with E-state index in [1.54, 1.807) is 6.92 Å². The Labute approximate surface area is 41.6 Å². The van der Waals surface area contributed by atoms with Crippen LogP contribution in [0.2, 0.25) is 0 Å². The van der Waals surface area contributed by atoms with Gasteiger partial charge in [-0.1, -0.05) is 6.92 Å². The second-order valence-corrected chi connectivity index (χ2v) is 1.06. The van der Waals surface area contributed by atoms with Crippen LogP contribution < -0.4 is 0 Å². The van der Waals surface area contributed by atoms with Gasteiger partial charge in [-0.05, 0) is 0 Å². The number of hydrogen-bond acceptors (Lipinski definition) is 1. The predicted octanol–water partition coefficient (Wildman–Crippen LogP) is 0.266. The first-order valence-corrected chi connectivity index (χ1v) is 2.01. The van der Waals surface area contributed by atoms with Crippen molar-refractivity contribution in [1.82, 2.24) is 0 Å². The van der Waals surface area contributed by atoms with Crippen LogP contribution in [0.1, 0.15) is 13.3 Å². The molecule has 0 amide bonds. The van der Waals surface area contributed by atoms with E-state index in [2.05, 4.69) is 4.79 Å². The first-order chi connectivity index (χ1) is 3.31. The smallest absolute Gasteiger partial charge is 0.323 e. The zero-order valence-electron chi connectivity index (χ0n) is 4.09. The molecule has 0 aromatic rings. The van der Waals surface area contributed by atoms with Gasteiger partial charge in [-0.15, -0.1) is 0 Å². The highest BCUT2D eigenvalue weighted by molar-refractivity contribution is 6.24. The SMILES string of the molecule is CCC(=O)C=[N+]=[N-]. The number of carbonyl (C=O) groups is 1. The van der Waals surface area contributed by atoms with Gasteiger partial charge in [0, 0.05) is 6.42 Å². The summed E-state index contributed by atoms with van der Waals surface area (Å²) in [5.74, 6) is -0.164. The lowest BCUT2D eigenvalue weighted by molar-refractivity contribution is -0.115. The van der Waals surface area contributed by atoms with Crippen LogP contribution in [-0.2, 0) is 4.79 Å². The Bertz CT molecular complexity index is 113. The van der Waals surface area contributed by atoms with E-state index in [9.17, 15) is 4.79 Å². The summed E-state index contributed by atoms with van der Waals surface area (Å²) in [4.78, 5) is 12.6. The van der Waals surface area contributed by atoms with Gasteiger partial charge in [0.25, 0.3) is 0 Å². The molecule has 38 valence electrons. The fourth-order valence-corrected chi connectivity index (χ4v) is 0.156. The zero-order chi connectivity index (χ0) is 5.70. The van der Waals surface area contributed by atoms with E-state index >= 15 is 0 Å². The minimum absolute atomic E-state index is 0.164. The van der Waals surface area contributed by atoms with Crippen molar-refractivity contribution in [3.8, 4) is 0 Å². The number of nitrogens with zero attached hydrogens (tertiary/aromatic N) is 2. The van der Waals surface area contributed by atoms with Crippen molar-refractivity contribution < 1.29 is 9.58 Å². The number of ketones is 1. The van der Waals surface area contributed by atoms with E-state index in [1.807, 2.05) is 0 Å². The van der Waals surface area contributed by atoms with Crippen molar-refractivity contribution in [2.75, 3.05) is 0 Å². The van der Waals surface area contributed by atoms with Gasteiger partial charge in [0.05, 0.1) is 0 Å². The van der Waals surface area contributed by atoms with Gasteiger partial charge in [-0.2, -0.15) is 4.79 Å². The fraction of sp³-hybridized carbons (Fsp3) is 0.500. The van der Waals surface area contributed by atoms with Crippen molar-refractivity contribution in [3.05, 3.63) is 5.53 Å². The molecule has 0 N–H and O–H groups in total. The molecule has 0 aliphatic carbocycles. The molecule has 0 spiro atoms. The number of Topliss-reactive ketones (excluding diaryl/α,β-unsaturated/α-hetero) is 1. The average Bonchev–Trinajstić information content (AvgIpc) is 1.68. The molecule has 0 saturated heterocycles. The number of carbonyl (C=O) groups excluding carboxylic acids is 1. The van der Waals surface area contributed by atoms with Gasteiger partial charge < -0.3 is 5.53 Å². The maximum absolute atomic E-state index is 10.1. The molecule has 0 rings (SSSR count). The molecule has 3 nitrogen and oxygen atoms in total. The molecular weight excluding hydrogens is 92.1 g/mol. The highest BCUT2D eigenvalue weighted by Crippen LogP contribution is 1.70. The minimum Gasteiger partial charge on any atom is -0.361 e. The third-order valence-electron chi connectivity index (χ3n) is 0.550. The molecule has 0 saturated carbocycles. The van der Waals surface area contributed by atoms with E-state index in [1.165, 1.54) is 0 Å². The molecule has 0 atom stereocenters. The highest BCUT2D eigenvalue weighted by atomic mass is 16.1.